The normalized spacial score (nSPS) is 12.6. The molecule has 4 N–H and O–H groups in total. The highest BCUT2D eigenvalue weighted by Crippen LogP contribution is 2.14. The van der Waals surface area contributed by atoms with Crippen LogP contribution in [0.25, 0.3) is 6.08 Å². The number of amides is 4. The summed E-state index contributed by atoms with van der Waals surface area (Å²) >= 11 is 0. The lowest BCUT2D eigenvalue weighted by atomic mass is 10.0. The molecule has 4 amide bonds. The minimum Gasteiger partial charge on any atom is -0.466 e. The highest BCUT2D eigenvalue weighted by atomic mass is 16.6. The van der Waals surface area contributed by atoms with Crippen LogP contribution in [0, 0.1) is 5.92 Å². The highest BCUT2D eigenvalue weighted by Gasteiger charge is 2.30. The van der Waals surface area contributed by atoms with E-state index in [1.165, 1.54) is 12.2 Å². The van der Waals surface area contributed by atoms with Crippen molar-refractivity contribution in [2.75, 3.05) is 25.1 Å². The molecule has 0 radical (unpaired) electrons. The van der Waals surface area contributed by atoms with Crippen molar-refractivity contribution >= 4 is 47.5 Å². The first-order valence-electron chi connectivity index (χ1n) is 14.1. The summed E-state index contributed by atoms with van der Waals surface area (Å²) in [4.78, 5) is 73.7. The van der Waals surface area contributed by atoms with Gasteiger partial charge in [-0.3, -0.25) is 24.5 Å². The van der Waals surface area contributed by atoms with Crippen LogP contribution >= 0.6 is 0 Å². The molecule has 2 unspecified atom stereocenters. The monoisotopic (exact) mass is 604 g/mol. The van der Waals surface area contributed by atoms with Crippen LogP contribution in [0.3, 0.4) is 0 Å². The number of hydrogen-bond acceptors (Lipinski definition) is 9. The molecule has 0 aliphatic carbocycles. The number of ether oxygens (including phenoxy) is 3. The van der Waals surface area contributed by atoms with E-state index in [-0.39, 0.29) is 32.0 Å². The van der Waals surface area contributed by atoms with Crippen molar-refractivity contribution in [2.45, 2.75) is 79.0 Å². The first-order valence-corrected chi connectivity index (χ1v) is 14.1. The van der Waals surface area contributed by atoms with Crippen LogP contribution in [-0.4, -0.2) is 73.2 Å². The Bertz CT molecular complexity index is 1140. The largest absolute Gasteiger partial charge is 0.466 e. The van der Waals surface area contributed by atoms with Gasteiger partial charge in [-0.15, -0.1) is 0 Å². The molecular formula is C30H44N4O9. The second kappa shape index (κ2) is 18.2. The molecule has 1 aromatic carbocycles. The molecule has 1 rings (SSSR count). The summed E-state index contributed by atoms with van der Waals surface area (Å²) in [7, 11) is 0. The highest BCUT2D eigenvalue weighted by molar-refractivity contribution is 5.96. The van der Waals surface area contributed by atoms with E-state index in [0.717, 1.165) is 0 Å². The fraction of sp³-hybridized carbons (Fsp3) is 0.533. The van der Waals surface area contributed by atoms with E-state index in [0.29, 0.717) is 11.3 Å². The third-order valence-corrected chi connectivity index (χ3v) is 5.50. The molecule has 0 fully saturated rings. The van der Waals surface area contributed by atoms with Crippen molar-refractivity contribution in [1.82, 2.24) is 16.0 Å². The predicted molar refractivity (Wildman–Crippen MR) is 160 cm³/mol. The maximum absolute atomic E-state index is 13.0. The van der Waals surface area contributed by atoms with Crippen LogP contribution in [0.5, 0.6) is 0 Å². The SMILES string of the molecule is CCOC(=O)CCC(NC(=O)C(NC(=O)CNC(=O)/C=C/c1ccc(NC(=O)OC(C)(C)C)cc1)C(C)C)C(=O)OCC. The van der Waals surface area contributed by atoms with Crippen LogP contribution in [0.2, 0.25) is 0 Å². The van der Waals surface area contributed by atoms with Gasteiger partial charge in [0.15, 0.2) is 0 Å². The molecular weight excluding hydrogens is 560 g/mol. The first-order chi connectivity index (χ1) is 20.1. The average molecular weight is 605 g/mol. The molecule has 13 heteroatoms. The molecule has 1 aromatic rings. The Morgan fingerprint density at radius 3 is 2.09 bits per heavy atom. The number of benzene rings is 1. The summed E-state index contributed by atoms with van der Waals surface area (Å²) in [5, 5.41) is 10.2. The van der Waals surface area contributed by atoms with E-state index in [4.69, 9.17) is 14.2 Å². The topological polar surface area (TPSA) is 178 Å². The Hall–Kier alpha value is -4.42. The summed E-state index contributed by atoms with van der Waals surface area (Å²) in [6.45, 7) is 11.8. The minimum atomic E-state index is -1.11. The van der Waals surface area contributed by atoms with E-state index >= 15 is 0 Å². The molecule has 238 valence electrons. The quantitative estimate of drug-likeness (QED) is 0.133. The van der Waals surface area contributed by atoms with Gasteiger partial charge in [0.1, 0.15) is 17.7 Å². The molecule has 2 atom stereocenters. The molecule has 0 aromatic heterocycles. The van der Waals surface area contributed by atoms with Gasteiger partial charge in [0.05, 0.1) is 19.8 Å². The van der Waals surface area contributed by atoms with Gasteiger partial charge >= 0.3 is 18.0 Å². The maximum atomic E-state index is 13.0. The fourth-order valence-corrected chi connectivity index (χ4v) is 3.51. The molecule has 0 aliphatic rings. The second-order valence-electron chi connectivity index (χ2n) is 10.7. The molecule has 43 heavy (non-hydrogen) atoms. The van der Waals surface area contributed by atoms with Crippen molar-refractivity contribution in [3.63, 3.8) is 0 Å². The standard InChI is InChI=1S/C30H44N4O9/c1-8-41-25(37)17-15-22(28(39)42-9-2)33-27(38)26(19(3)4)34-24(36)18-31-23(35)16-12-20-10-13-21(14-11-20)32-29(40)43-30(5,6)7/h10-14,16,19,22,26H,8-9,15,17-18H2,1-7H3,(H,31,35)(H,32,40)(H,33,38)(H,34,36)/b16-12+. The van der Waals surface area contributed by atoms with E-state index in [2.05, 4.69) is 21.3 Å². The van der Waals surface area contributed by atoms with Crippen LogP contribution in [0.4, 0.5) is 10.5 Å². The number of anilines is 1. The van der Waals surface area contributed by atoms with Gasteiger partial charge in [0, 0.05) is 18.2 Å². The van der Waals surface area contributed by atoms with Crippen LogP contribution in [0.1, 0.15) is 66.9 Å². The van der Waals surface area contributed by atoms with Crippen molar-refractivity contribution in [3.05, 3.63) is 35.9 Å². The lowest BCUT2D eigenvalue weighted by Crippen LogP contribution is -2.55. The summed E-state index contributed by atoms with van der Waals surface area (Å²) in [5.74, 6) is -3.38. The first kappa shape index (κ1) is 36.6. The number of nitrogens with one attached hydrogen (secondary N) is 4. The average Bonchev–Trinajstić information content (AvgIpc) is 2.91. The number of carbonyl (C=O) groups is 6. The summed E-state index contributed by atoms with van der Waals surface area (Å²) in [6, 6.07) is 4.54. The zero-order chi connectivity index (χ0) is 32.6. The Balaban J connectivity index is 2.67. The van der Waals surface area contributed by atoms with E-state index in [1.54, 1.807) is 72.7 Å². The molecule has 0 bridgehead atoms. The Morgan fingerprint density at radius 2 is 1.53 bits per heavy atom. The van der Waals surface area contributed by atoms with E-state index < -0.39 is 60.0 Å². The molecule has 0 heterocycles. The number of esters is 2. The second-order valence-corrected chi connectivity index (χ2v) is 10.7. The number of hydrogen-bond donors (Lipinski definition) is 4. The van der Waals surface area contributed by atoms with Gasteiger partial charge in [-0.05, 0) is 70.7 Å². The summed E-state index contributed by atoms with van der Waals surface area (Å²) in [6.07, 6.45) is 2.04. The van der Waals surface area contributed by atoms with Crippen LogP contribution < -0.4 is 21.3 Å². The molecule has 13 nitrogen and oxygen atoms in total. The van der Waals surface area contributed by atoms with Crippen molar-refractivity contribution in [3.8, 4) is 0 Å². The van der Waals surface area contributed by atoms with E-state index in [9.17, 15) is 28.8 Å². The lowest BCUT2D eigenvalue weighted by Gasteiger charge is -2.24. The van der Waals surface area contributed by atoms with Crippen LogP contribution in [0.15, 0.2) is 30.3 Å². The van der Waals surface area contributed by atoms with E-state index in [1.807, 2.05) is 0 Å². The predicted octanol–water partition coefficient (Wildman–Crippen LogP) is 2.70. The van der Waals surface area contributed by atoms with Gasteiger partial charge < -0.3 is 30.2 Å². The zero-order valence-corrected chi connectivity index (χ0v) is 25.9. The minimum absolute atomic E-state index is 0.0342. The summed E-state index contributed by atoms with van der Waals surface area (Å²) < 4.78 is 15.1. The fourth-order valence-electron chi connectivity index (χ4n) is 3.51. The molecule has 0 aliphatic heterocycles. The van der Waals surface area contributed by atoms with Gasteiger partial charge in [-0.25, -0.2) is 9.59 Å². The van der Waals surface area contributed by atoms with Crippen molar-refractivity contribution in [2.24, 2.45) is 5.92 Å². The smallest absolute Gasteiger partial charge is 0.412 e. The Morgan fingerprint density at radius 1 is 0.907 bits per heavy atom. The van der Waals surface area contributed by atoms with Gasteiger partial charge in [0.2, 0.25) is 17.7 Å². The van der Waals surface area contributed by atoms with Gasteiger partial charge in [-0.2, -0.15) is 0 Å². The van der Waals surface area contributed by atoms with Gasteiger partial charge in [-0.1, -0.05) is 26.0 Å². The third-order valence-electron chi connectivity index (χ3n) is 5.50. The molecule has 0 saturated carbocycles. The maximum Gasteiger partial charge on any atom is 0.412 e. The third kappa shape index (κ3) is 15.4. The molecule has 0 saturated heterocycles. The Labute approximate surface area is 252 Å². The molecule has 0 spiro atoms. The number of rotatable bonds is 15. The number of carbonyl (C=O) groups excluding carboxylic acids is 6. The van der Waals surface area contributed by atoms with Crippen LogP contribution in [-0.2, 0) is 38.2 Å². The zero-order valence-electron chi connectivity index (χ0n) is 25.9. The summed E-state index contributed by atoms with van der Waals surface area (Å²) in [5.41, 5.74) is 0.563. The lowest BCUT2D eigenvalue weighted by molar-refractivity contribution is -0.149. The van der Waals surface area contributed by atoms with Crippen molar-refractivity contribution in [1.29, 1.82) is 0 Å². The Kier molecular flexibility index (Phi) is 15.5. The van der Waals surface area contributed by atoms with Crippen molar-refractivity contribution < 1.29 is 43.0 Å². The van der Waals surface area contributed by atoms with Gasteiger partial charge in [0.25, 0.3) is 0 Å².